The third kappa shape index (κ3) is 5.67. The van der Waals surface area contributed by atoms with E-state index >= 15 is 0 Å². The molecular formula is C16H26N2O4S. The minimum Gasteiger partial charge on any atom is -0.493 e. The molecule has 0 radical (unpaired) electrons. The van der Waals surface area contributed by atoms with Gasteiger partial charge in [-0.1, -0.05) is 25.3 Å². The van der Waals surface area contributed by atoms with Crippen molar-refractivity contribution in [3.8, 4) is 11.5 Å². The van der Waals surface area contributed by atoms with Crippen LogP contribution in [0.1, 0.15) is 37.7 Å². The number of hydrogen-bond acceptors (Lipinski definition) is 4. The molecule has 2 N–H and O–H groups in total. The lowest BCUT2D eigenvalue weighted by Crippen LogP contribution is -2.44. The van der Waals surface area contributed by atoms with Crippen LogP contribution < -0.4 is 18.9 Å². The molecular weight excluding hydrogens is 316 g/mol. The summed E-state index contributed by atoms with van der Waals surface area (Å²) in [5.74, 6) is 1.31. The maximum Gasteiger partial charge on any atom is 0.277 e. The van der Waals surface area contributed by atoms with Gasteiger partial charge in [-0.25, -0.2) is 4.72 Å². The van der Waals surface area contributed by atoms with Crippen LogP contribution in [0.25, 0.3) is 0 Å². The van der Waals surface area contributed by atoms with E-state index in [1.165, 1.54) is 6.42 Å². The van der Waals surface area contributed by atoms with Crippen molar-refractivity contribution in [2.75, 3.05) is 20.8 Å². The Hall–Kier alpha value is -1.31. The Balaban J connectivity index is 1.83. The van der Waals surface area contributed by atoms with Gasteiger partial charge in [0.1, 0.15) is 0 Å². The molecule has 1 fully saturated rings. The summed E-state index contributed by atoms with van der Waals surface area (Å²) < 4.78 is 39.9. The molecule has 6 nitrogen and oxygen atoms in total. The Bertz CT molecular complexity index is 598. The first-order chi connectivity index (χ1) is 11.0. The summed E-state index contributed by atoms with van der Waals surface area (Å²) in [6, 6.07) is 5.66. The topological polar surface area (TPSA) is 76.7 Å². The second-order valence-electron chi connectivity index (χ2n) is 5.79. The second kappa shape index (κ2) is 8.52. The lowest BCUT2D eigenvalue weighted by molar-refractivity contribution is 0.354. The standard InChI is InChI=1S/C16H26N2O4S/c1-21-15-9-8-13(12-16(15)22-2)10-11-17-23(19,20)18-14-6-4-3-5-7-14/h8-9,12,14,17-18H,3-7,10-11H2,1-2H3. The van der Waals surface area contributed by atoms with Crippen LogP contribution in [0.4, 0.5) is 0 Å². The van der Waals surface area contributed by atoms with Crippen molar-refractivity contribution in [1.29, 1.82) is 0 Å². The zero-order chi connectivity index (χ0) is 16.7. The third-order valence-electron chi connectivity index (χ3n) is 4.08. The normalized spacial score (nSPS) is 16.3. The lowest BCUT2D eigenvalue weighted by Gasteiger charge is -2.22. The van der Waals surface area contributed by atoms with Gasteiger partial charge in [-0.2, -0.15) is 13.1 Å². The molecule has 1 aromatic rings. The van der Waals surface area contributed by atoms with E-state index in [-0.39, 0.29) is 6.04 Å². The molecule has 2 rings (SSSR count). The van der Waals surface area contributed by atoms with Crippen LogP contribution in [-0.2, 0) is 16.6 Å². The number of methoxy groups -OCH3 is 2. The average Bonchev–Trinajstić information content (AvgIpc) is 2.55. The Labute approximate surface area is 138 Å². The highest BCUT2D eigenvalue weighted by molar-refractivity contribution is 7.87. The Morgan fingerprint density at radius 3 is 2.43 bits per heavy atom. The summed E-state index contributed by atoms with van der Waals surface area (Å²) in [6.45, 7) is 0.345. The van der Waals surface area contributed by atoms with E-state index in [9.17, 15) is 8.42 Å². The van der Waals surface area contributed by atoms with Crippen LogP contribution in [0.3, 0.4) is 0 Å². The van der Waals surface area contributed by atoms with Crippen LogP contribution in [0, 0.1) is 0 Å². The highest BCUT2D eigenvalue weighted by Gasteiger charge is 2.19. The van der Waals surface area contributed by atoms with Crippen molar-refractivity contribution in [1.82, 2.24) is 9.44 Å². The third-order valence-corrected chi connectivity index (χ3v) is 5.31. The predicted molar refractivity (Wildman–Crippen MR) is 90.2 cm³/mol. The molecule has 0 unspecified atom stereocenters. The van der Waals surface area contributed by atoms with Crippen LogP contribution in [0.2, 0.25) is 0 Å². The molecule has 7 heteroatoms. The van der Waals surface area contributed by atoms with Gasteiger partial charge in [-0.05, 0) is 37.0 Å². The SMILES string of the molecule is COc1ccc(CCNS(=O)(=O)NC2CCCCC2)cc1OC. The fourth-order valence-corrected chi connectivity index (χ4v) is 3.98. The molecule has 0 spiro atoms. The van der Waals surface area contributed by atoms with Gasteiger partial charge >= 0.3 is 0 Å². The minimum atomic E-state index is -3.44. The van der Waals surface area contributed by atoms with Crippen molar-refractivity contribution < 1.29 is 17.9 Å². The Morgan fingerprint density at radius 2 is 1.78 bits per heavy atom. The predicted octanol–water partition coefficient (Wildman–Crippen LogP) is 2.00. The quantitative estimate of drug-likeness (QED) is 0.758. The van der Waals surface area contributed by atoms with Gasteiger partial charge in [0.15, 0.2) is 11.5 Å². The maximum atomic E-state index is 12.0. The van der Waals surface area contributed by atoms with Crippen LogP contribution >= 0.6 is 0 Å². The summed E-state index contributed by atoms with van der Waals surface area (Å²) in [7, 11) is -0.268. The van der Waals surface area contributed by atoms with E-state index in [1.54, 1.807) is 14.2 Å². The highest BCUT2D eigenvalue weighted by atomic mass is 32.2. The summed E-state index contributed by atoms with van der Waals surface area (Å²) in [5.41, 5.74) is 0.989. The average molecular weight is 342 g/mol. The molecule has 0 aromatic heterocycles. The molecule has 0 atom stereocenters. The molecule has 0 amide bonds. The number of nitrogens with one attached hydrogen (secondary N) is 2. The summed E-state index contributed by atoms with van der Waals surface area (Å²) in [5, 5.41) is 0. The van der Waals surface area contributed by atoms with Crippen molar-refractivity contribution in [3.05, 3.63) is 23.8 Å². The van der Waals surface area contributed by atoms with Crippen LogP contribution in [0.5, 0.6) is 11.5 Å². The monoisotopic (exact) mass is 342 g/mol. The number of rotatable bonds is 8. The molecule has 0 aliphatic heterocycles. The van der Waals surface area contributed by atoms with Gasteiger partial charge in [0, 0.05) is 12.6 Å². The summed E-state index contributed by atoms with van der Waals surface area (Å²) in [4.78, 5) is 0. The number of ether oxygens (including phenoxy) is 2. The Kier molecular flexibility index (Phi) is 6.68. The molecule has 0 bridgehead atoms. The minimum absolute atomic E-state index is 0.0716. The smallest absolute Gasteiger partial charge is 0.277 e. The van der Waals surface area contributed by atoms with E-state index in [0.29, 0.717) is 24.5 Å². The van der Waals surface area contributed by atoms with E-state index in [2.05, 4.69) is 9.44 Å². The number of benzene rings is 1. The van der Waals surface area contributed by atoms with Gasteiger partial charge in [-0.15, -0.1) is 0 Å². The van der Waals surface area contributed by atoms with E-state index in [4.69, 9.17) is 9.47 Å². The van der Waals surface area contributed by atoms with Gasteiger partial charge in [-0.3, -0.25) is 0 Å². The first-order valence-electron chi connectivity index (χ1n) is 8.02. The molecule has 1 aromatic carbocycles. The maximum absolute atomic E-state index is 12.0. The largest absolute Gasteiger partial charge is 0.493 e. The second-order valence-corrected chi connectivity index (χ2v) is 7.32. The fraction of sp³-hybridized carbons (Fsp3) is 0.625. The molecule has 1 aliphatic rings. The van der Waals surface area contributed by atoms with E-state index in [1.807, 2.05) is 18.2 Å². The fourth-order valence-electron chi connectivity index (χ4n) is 2.85. The van der Waals surface area contributed by atoms with Gasteiger partial charge in [0.05, 0.1) is 14.2 Å². The molecule has 1 aliphatic carbocycles. The molecule has 0 heterocycles. The number of hydrogen-bond donors (Lipinski definition) is 2. The first kappa shape index (κ1) is 18.0. The van der Waals surface area contributed by atoms with Crippen molar-refractivity contribution in [2.24, 2.45) is 0 Å². The summed E-state index contributed by atoms with van der Waals surface area (Å²) in [6.07, 6.45) is 5.84. The highest BCUT2D eigenvalue weighted by Crippen LogP contribution is 2.27. The molecule has 130 valence electrons. The van der Waals surface area contributed by atoms with Crippen molar-refractivity contribution in [3.63, 3.8) is 0 Å². The van der Waals surface area contributed by atoms with Crippen LogP contribution in [0.15, 0.2) is 18.2 Å². The zero-order valence-electron chi connectivity index (χ0n) is 13.8. The van der Waals surface area contributed by atoms with Gasteiger partial charge in [0.2, 0.25) is 0 Å². The lowest BCUT2D eigenvalue weighted by atomic mass is 9.96. The first-order valence-corrected chi connectivity index (χ1v) is 9.50. The Morgan fingerprint density at radius 1 is 1.09 bits per heavy atom. The summed E-state index contributed by atoms with van der Waals surface area (Å²) >= 11 is 0. The van der Waals surface area contributed by atoms with Crippen LogP contribution in [-0.4, -0.2) is 35.2 Å². The van der Waals surface area contributed by atoms with Gasteiger partial charge < -0.3 is 9.47 Å². The molecule has 1 saturated carbocycles. The van der Waals surface area contributed by atoms with Crippen molar-refractivity contribution >= 4 is 10.2 Å². The van der Waals surface area contributed by atoms with E-state index in [0.717, 1.165) is 31.2 Å². The zero-order valence-corrected chi connectivity index (χ0v) is 14.6. The van der Waals surface area contributed by atoms with Crippen molar-refractivity contribution in [2.45, 2.75) is 44.6 Å². The molecule has 23 heavy (non-hydrogen) atoms. The van der Waals surface area contributed by atoms with E-state index < -0.39 is 10.2 Å². The molecule has 0 saturated heterocycles. The van der Waals surface area contributed by atoms with Gasteiger partial charge in [0.25, 0.3) is 10.2 Å².